The van der Waals surface area contributed by atoms with E-state index in [1.54, 1.807) is 11.3 Å². The monoisotopic (exact) mass is 261 g/mol. The summed E-state index contributed by atoms with van der Waals surface area (Å²) in [5.41, 5.74) is 7.08. The van der Waals surface area contributed by atoms with Gasteiger partial charge in [-0.2, -0.15) is 0 Å². The zero-order valence-electron chi connectivity index (χ0n) is 9.87. The average molecular weight is 261 g/mol. The van der Waals surface area contributed by atoms with Crippen LogP contribution in [0.15, 0.2) is 42.5 Å². The lowest BCUT2D eigenvalue weighted by atomic mass is 10.1. The van der Waals surface area contributed by atoms with Crippen LogP contribution in [0.1, 0.15) is 27.8 Å². The van der Waals surface area contributed by atoms with Crippen LogP contribution >= 0.6 is 11.3 Å². The third-order valence-corrected chi connectivity index (χ3v) is 3.88. The van der Waals surface area contributed by atoms with E-state index in [9.17, 15) is 4.79 Å². The standard InChI is InChI=1S/C14H15NO2S/c15-12(9-14(16)17)13-7-6-11(18-13)8-10-4-2-1-3-5-10/h1-7,12H,8-9,15H2,(H,16,17). The van der Waals surface area contributed by atoms with Crippen molar-refractivity contribution in [2.45, 2.75) is 18.9 Å². The van der Waals surface area contributed by atoms with Crippen molar-refractivity contribution in [3.8, 4) is 0 Å². The van der Waals surface area contributed by atoms with Gasteiger partial charge in [-0.05, 0) is 17.7 Å². The minimum Gasteiger partial charge on any atom is -0.481 e. The van der Waals surface area contributed by atoms with Crippen molar-refractivity contribution in [2.24, 2.45) is 5.73 Å². The normalized spacial score (nSPS) is 12.3. The molecule has 0 bridgehead atoms. The molecule has 0 aliphatic rings. The Bertz CT molecular complexity index is 522. The largest absolute Gasteiger partial charge is 0.481 e. The number of hydrogen-bond donors (Lipinski definition) is 2. The molecule has 4 heteroatoms. The number of rotatable bonds is 5. The summed E-state index contributed by atoms with van der Waals surface area (Å²) in [7, 11) is 0. The van der Waals surface area contributed by atoms with E-state index in [0.717, 1.165) is 11.3 Å². The molecule has 18 heavy (non-hydrogen) atoms. The minimum atomic E-state index is -0.861. The highest BCUT2D eigenvalue weighted by Crippen LogP contribution is 2.25. The number of benzene rings is 1. The smallest absolute Gasteiger partial charge is 0.305 e. The van der Waals surface area contributed by atoms with Crippen molar-refractivity contribution in [1.82, 2.24) is 0 Å². The van der Waals surface area contributed by atoms with Crippen LogP contribution in [0.25, 0.3) is 0 Å². The second-order valence-corrected chi connectivity index (χ2v) is 5.37. The second kappa shape index (κ2) is 5.80. The van der Waals surface area contributed by atoms with Gasteiger partial charge < -0.3 is 10.8 Å². The number of nitrogens with two attached hydrogens (primary N) is 1. The van der Waals surface area contributed by atoms with Gasteiger partial charge in [-0.3, -0.25) is 4.79 Å². The van der Waals surface area contributed by atoms with Gasteiger partial charge in [0.25, 0.3) is 0 Å². The third kappa shape index (κ3) is 3.42. The summed E-state index contributed by atoms with van der Waals surface area (Å²) in [4.78, 5) is 12.7. The number of carboxylic acids is 1. The fourth-order valence-electron chi connectivity index (χ4n) is 1.77. The van der Waals surface area contributed by atoms with E-state index in [0.29, 0.717) is 0 Å². The molecule has 0 saturated carbocycles. The maximum atomic E-state index is 10.6. The third-order valence-electron chi connectivity index (χ3n) is 2.66. The number of carbonyl (C=O) groups is 1. The number of thiophene rings is 1. The summed E-state index contributed by atoms with van der Waals surface area (Å²) in [6, 6.07) is 13.7. The van der Waals surface area contributed by atoms with Gasteiger partial charge in [0.1, 0.15) is 0 Å². The first-order valence-corrected chi connectivity index (χ1v) is 6.56. The van der Waals surface area contributed by atoms with E-state index >= 15 is 0 Å². The fraction of sp³-hybridized carbons (Fsp3) is 0.214. The Balaban J connectivity index is 2.04. The molecule has 1 atom stereocenters. The summed E-state index contributed by atoms with van der Waals surface area (Å²) in [6.45, 7) is 0. The van der Waals surface area contributed by atoms with Crippen LogP contribution in [-0.4, -0.2) is 11.1 Å². The number of carboxylic acid groups (broad SMARTS) is 1. The molecule has 0 spiro atoms. The number of aliphatic carboxylic acids is 1. The highest BCUT2D eigenvalue weighted by molar-refractivity contribution is 7.12. The van der Waals surface area contributed by atoms with Gasteiger partial charge in [-0.15, -0.1) is 11.3 Å². The van der Waals surface area contributed by atoms with E-state index in [1.807, 2.05) is 30.3 Å². The first kappa shape index (κ1) is 12.8. The lowest BCUT2D eigenvalue weighted by Gasteiger charge is -2.05. The highest BCUT2D eigenvalue weighted by Gasteiger charge is 2.12. The molecular weight excluding hydrogens is 246 g/mol. The van der Waals surface area contributed by atoms with Gasteiger partial charge >= 0.3 is 5.97 Å². The van der Waals surface area contributed by atoms with E-state index in [1.165, 1.54) is 10.4 Å². The molecule has 0 amide bonds. The lowest BCUT2D eigenvalue weighted by Crippen LogP contribution is -2.13. The molecular formula is C14H15NO2S. The lowest BCUT2D eigenvalue weighted by molar-refractivity contribution is -0.137. The molecule has 1 aromatic carbocycles. The fourth-order valence-corrected chi connectivity index (χ4v) is 2.82. The first-order valence-electron chi connectivity index (χ1n) is 5.75. The van der Waals surface area contributed by atoms with Crippen molar-refractivity contribution in [3.05, 3.63) is 57.8 Å². The minimum absolute atomic E-state index is 0.0225. The summed E-state index contributed by atoms with van der Waals surface area (Å²) >= 11 is 1.59. The molecule has 0 aliphatic heterocycles. The van der Waals surface area contributed by atoms with Crippen molar-refractivity contribution < 1.29 is 9.90 Å². The van der Waals surface area contributed by atoms with E-state index < -0.39 is 12.0 Å². The van der Waals surface area contributed by atoms with Crippen LogP contribution in [0.3, 0.4) is 0 Å². The molecule has 0 radical (unpaired) electrons. The van der Waals surface area contributed by atoms with Gasteiger partial charge in [0.05, 0.1) is 6.42 Å². The van der Waals surface area contributed by atoms with E-state index in [-0.39, 0.29) is 6.42 Å². The van der Waals surface area contributed by atoms with Crippen LogP contribution in [0.5, 0.6) is 0 Å². The van der Waals surface area contributed by atoms with E-state index in [4.69, 9.17) is 10.8 Å². The summed E-state index contributed by atoms with van der Waals surface area (Å²) in [5.74, 6) is -0.861. The molecule has 94 valence electrons. The quantitative estimate of drug-likeness (QED) is 0.870. The van der Waals surface area contributed by atoms with Crippen LogP contribution in [0, 0.1) is 0 Å². The van der Waals surface area contributed by atoms with Gasteiger partial charge in [0, 0.05) is 22.2 Å². The summed E-state index contributed by atoms with van der Waals surface area (Å²) in [6.07, 6.45) is 0.844. The molecule has 3 nitrogen and oxygen atoms in total. The Labute approximate surface area is 110 Å². The predicted octanol–water partition coefficient (Wildman–Crippen LogP) is 2.81. The van der Waals surface area contributed by atoms with Crippen LogP contribution in [-0.2, 0) is 11.2 Å². The molecule has 1 heterocycles. The van der Waals surface area contributed by atoms with Gasteiger partial charge in [-0.25, -0.2) is 0 Å². The maximum Gasteiger partial charge on any atom is 0.305 e. The van der Waals surface area contributed by atoms with Gasteiger partial charge in [-0.1, -0.05) is 30.3 Å². The Kier molecular flexibility index (Phi) is 4.12. The van der Waals surface area contributed by atoms with Crippen LogP contribution in [0.2, 0.25) is 0 Å². The zero-order valence-corrected chi connectivity index (χ0v) is 10.7. The Morgan fingerprint density at radius 3 is 2.61 bits per heavy atom. The van der Waals surface area contributed by atoms with Crippen LogP contribution < -0.4 is 5.73 Å². The van der Waals surface area contributed by atoms with E-state index in [2.05, 4.69) is 12.1 Å². The summed E-state index contributed by atoms with van der Waals surface area (Å²) in [5, 5.41) is 8.71. The molecule has 0 saturated heterocycles. The van der Waals surface area contributed by atoms with Crippen molar-refractivity contribution in [2.75, 3.05) is 0 Å². The first-order chi connectivity index (χ1) is 8.65. The van der Waals surface area contributed by atoms with Crippen molar-refractivity contribution in [3.63, 3.8) is 0 Å². The predicted molar refractivity (Wildman–Crippen MR) is 72.7 cm³/mol. The molecule has 1 aromatic heterocycles. The Morgan fingerprint density at radius 2 is 1.94 bits per heavy atom. The Hall–Kier alpha value is -1.65. The second-order valence-electron chi connectivity index (χ2n) is 4.17. The molecule has 0 aliphatic carbocycles. The maximum absolute atomic E-state index is 10.6. The molecule has 3 N–H and O–H groups in total. The molecule has 2 rings (SSSR count). The van der Waals surface area contributed by atoms with Gasteiger partial charge in [0.15, 0.2) is 0 Å². The topological polar surface area (TPSA) is 63.3 Å². The SMILES string of the molecule is NC(CC(=O)O)c1ccc(Cc2ccccc2)s1. The molecule has 2 aromatic rings. The van der Waals surface area contributed by atoms with Gasteiger partial charge in [0.2, 0.25) is 0 Å². The molecule has 1 unspecified atom stereocenters. The molecule has 0 fully saturated rings. The summed E-state index contributed by atoms with van der Waals surface area (Å²) < 4.78 is 0. The zero-order chi connectivity index (χ0) is 13.0. The Morgan fingerprint density at radius 1 is 1.22 bits per heavy atom. The van der Waals surface area contributed by atoms with Crippen molar-refractivity contribution in [1.29, 1.82) is 0 Å². The van der Waals surface area contributed by atoms with Crippen LogP contribution in [0.4, 0.5) is 0 Å². The number of hydrogen-bond acceptors (Lipinski definition) is 3. The average Bonchev–Trinajstić information content (AvgIpc) is 2.78. The highest BCUT2D eigenvalue weighted by atomic mass is 32.1. The van der Waals surface area contributed by atoms with Crippen molar-refractivity contribution >= 4 is 17.3 Å².